The third-order valence-corrected chi connectivity index (χ3v) is 1.64. The number of allylic oxidation sites excluding steroid dienone is 2. The van der Waals surface area contributed by atoms with Gasteiger partial charge in [0.05, 0.1) is 0 Å². The third kappa shape index (κ3) is 1.85. The highest BCUT2D eigenvalue weighted by atomic mass is 16.3. The summed E-state index contributed by atoms with van der Waals surface area (Å²) in [6.07, 6.45) is 2.90. The number of nitrogens with zero attached hydrogens (tertiary/aromatic N) is 3. The normalized spacial score (nSPS) is 27.7. The highest BCUT2D eigenvalue weighted by molar-refractivity contribution is 5.26. The largest absolute Gasteiger partial charge is 0.386 e. The molecule has 0 aromatic heterocycles. The summed E-state index contributed by atoms with van der Waals surface area (Å²) < 4.78 is 0. The van der Waals surface area contributed by atoms with E-state index in [0.717, 1.165) is 0 Å². The summed E-state index contributed by atoms with van der Waals surface area (Å²) in [7, 11) is 0. The van der Waals surface area contributed by atoms with Crippen LogP contribution in [-0.4, -0.2) is 29.0 Å². The van der Waals surface area contributed by atoms with E-state index in [4.69, 9.17) is 10.6 Å². The van der Waals surface area contributed by atoms with Gasteiger partial charge in [0.25, 0.3) is 0 Å². The molecule has 1 aliphatic carbocycles. The fourth-order valence-corrected chi connectivity index (χ4v) is 0.976. The van der Waals surface area contributed by atoms with E-state index < -0.39 is 12.2 Å². The Morgan fingerprint density at radius 1 is 1.58 bits per heavy atom. The zero-order valence-electron chi connectivity index (χ0n) is 6.33. The molecular formula is C7H9N3O2. The molecule has 1 aliphatic rings. The fourth-order valence-electron chi connectivity index (χ4n) is 0.976. The summed E-state index contributed by atoms with van der Waals surface area (Å²) in [5, 5.41) is 21.7. The van der Waals surface area contributed by atoms with Gasteiger partial charge in [0.15, 0.2) is 0 Å². The van der Waals surface area contributed by atoms with Gasteiger partial charge in [0, 0.05) is 11.5 Å². The maximum Gasteiger partial charge on any atom is 0.105 e. The van der Waals surface area contributed by atoms with Crippen LogP contribution >= 0.6 is 0 Å². The van der Waals surface area contributed by atoms with Crippen molar-refractivity contribution < 1.29 is 10.2 Å². The second-order valence-electron chi connectivity index (χ2n) is 2.45. The summed E-state index contributed by atoms with van der Waals surface area (Å²) in [6.45, 7) is 0.0963. The molecule has 0 fully saturated rings. The fraction of sp³-hybridized carbons (Fsp3) is 0.429. The summed E-state index contributed by atoms with van der Waals surface area (Å²) >= 11 is 0. The van der Waals surface area contributed by atoms with Gasteiger partial charge in [0.2, 0.25) is 0 Å². The van der Waals surface area contributed by atoms with Gasteiger partial charge in [-0.25, -0.2) is 0 Å². The van der Waals surface area contributed by atoms with Crippen molar-refractivity contribution in [3.8, 4) is 0 Å². The molecule has 0 aromatic carbocycles. The van der Waals surface area contributed by atoms with Crippen molar-refractivity contribution in [2.45, 2.75) is 12.2 Å². The van der Waals surface area contributed by atoms with Gasteiger partial charge in [-0.15, -0.1) is 0 Å². The molecule has 0 saturated heterocycles. The predicted molar refractivity (Wildman–Crippen MR) is 43.2 cm³/mol. The van der Waals surface area contributed by atoms with Gasteiger partial charge in [-0.2, -0.15) is 0 Å². The minimum atomic E-state index is -0.944. The molecule has 0 unspecified atom stereocenters. The van der Waals surface area contributed by atoms with Crippen molar-refractivity contribution in [2.75, 3.05) is 6.54 Å². The van der Waals surface area contributed by atoms with Crippen LogP contribution in [-0.2, 0) is 0 Å². The molecular weight excluding hydrogens is 158 g/mol. The van der Waals surface area contributed by atoms with Crippen LogP contribution in [0.25, 0.3) is 10.4 Å². The van der Waals surface area contributed by atoms with E-state index in [-0.39, 0.29) is 6.54 Å². The molecule has 0 spiro atoms. The molecule has 5 heteroatoms. The van der Waals surface area contributed by atoms with Crippen molar-refractivity contribution >= 4 is 0 Å². The van der Waals surface area contributed by atoms with E-state index >= 15 is 0 Å². The molecule has 0 heterocycles. The predicted octanol–water partition coefficient (Wildman–Crippen LogP) is 0.515. The number of azide groups is 1. The minimum absolute atomic E-state index is 0.0963. The number of rotatable bonds is 2. The Balaban J connectivity index is 2.68. The van der Waals surface area contributed by atoms with Crippen LogP contribution in [0.15, 0.2) is 28.9 Å². The van der Waals surface area contributed by atoms with Crippen LogP contribution in [0.3, 0.4) is 0 Å². The van der Waals surface area contributed by atoms with Gasteiger partial charge in [0.1, 0.15) is 12.2 Å². The van der Waals surface area contributed by atoms with Crippen molar-refractivity contribution in [3.63, 3.8) is 0 Å². The smallest absolute Gasteiger partial charge is 0.105 e. The lowest BCUT2D eigenvalue weighted by Gasteiger charge is -2.19. The van der Waals surface area contributed by atoms with Crippen molar-refractivity contribution in [1.82, 2.24) is 0 Å². The average molecular weight is 167 g/mol. The van der Waals surface area contributed by atoms with Gasteiger partial charge in [-0.3, -0.25) is 0 Å². The molecule has 12 heavy (non-hydrogen) atoms. The molecule has 2 atom stereocenters. The summed E-state index contributed by atoms with van der Waals surface area (Å²) in [6, 6.07) is 0. The molecule has 0 aliphatic heterocycles. The molecule has 1 rings (SSSR count). The Kier molecular flexibility index (Phi) is 2.88. The van der Waals surface area contributed by atoms with E-state index in [1.54, 1.807) is 12.2 Å². The molecule has 5 nitrogen and oxygen atoms in total. The molecule has 64 valence electrons. The molecule has 2 N–H and O–H groups in total. The Bertz CT molecular complexity index is 266. The lowest BCUT2D eigenvalue weighted by molar-refractivity contribution is 0.0707. The molecule has 0 aromatic rings. The van der Waals surface area contributed by atoms with E-state index in [0.29, 0.717) is 5.57 Å². The van der Waals surface area contributed by atoms with Gasteiger partial charge in [-0.05, 0) is 11.1 Å². The maximum absolute atomic E-state index is 9.31. The topological polar surface area (TPSA) is 89.2 Å². The Morgan fingerprint density at radius 3 is 3.00 bits per heavy atom. The zero-order valence-corrected chi connectivity index (χ0v) is 6.33. The Labute approximate surface area is 69.3 Å². The van der Waals surface area contributed by atoms with Crippen molar-refractivity contribution in [1.29, 1.82) is 0 Å². The third-order valence-electron chi connectivity index (χ3n) is 1.64. The zero-order chi connectivity index (χ0) is 8.97. The van der Waals surface area contributed by atoms with Crippen LogP contribution in [0.4, 0.5) is 0 Å². The summed E-state index contributed by atoms with van der Waals surface area (Å²) in [4.78, 5) is 2.56. The lowest BCUT2D eigenvalue weighted by atomic mass is 9.99. The lowest BCUT2D eigenvalue weighted by Crippen LogP contribution is -2.28. The van der Waals surface area contributed by atoms with E-state index in [1.165, 1.54) is 6.08 Å². The first-order chi connectivity index (χ1) is 5.75. The van der Waals surface area contributed by atoms with Gasteiger partial charge < -0.3 is 10.2 Å². The maximum atomic E-state index is 9.31. The van der Waals surface area contributed by atoms with Crippen LogP contribution in [0, 0.1) is 0 Å². The Morgan fingerprint density at radius 2 is 2.33 bits per heavy atom. The number of hydrogen-bond acceptors (Lipinski definition) is 3. The quantitative estimate of drug-likeness (QED) is 0.356. The van der Waals surface area contributed by atoms with E-state index in [2.05, 4.69) is 10.0 Å². The first-order valence-corrected chi connectivity index (χ1v) is 3.50. The number of hydrogen-bond donors (Lipinski definition) is 2. The first kappa shape index (κ1) is 8.80. The second-order valence-corrected chi connectivity index (χ2v) is 2.45. The standard InChI is InChI=1S/C7H9N3O2/c8-10-9-4-5-2-1-3-6(11)7(5)12/h1-3,6-7,11-12H,4H2/t6-,7+/m0/s1. The molecule has 0 amide bonds. The highest BCUT2D eigenvalue weighted by Gasteiger charge is 2.19. The molecule has 0 radical (unpaired) electrons. The van der Waals surface area contributed by atoms with Gasteiger partial charge in [-0.1, -0.05) is 23.3 Å². The van der Waals surface area contributed by atoms with Crippen LogP contribution in [0.2, 0.25) is 0 Å². The van der Waals surface area contributed by atoms with E-state index in [1.807, 2.05) is 0 Å². The average Bonchev–Trinajstić information content (AvgIpc) is 2.08. The van der Waals surface area contributed by atoms with Crippen molar-refractivity contribution in [2.24, 2.45) is 5.11 Å². The second kappa shape index (κ2) is 3.92. The minimum Gasteiger partial charge on any atom is -0.386 e. The monoisotopic (exact) mass is 167 g/mol. The number of aliphatic hydroxyl groups is 2. The van der Waals surface area contributed by atoms with E-state index in [9.17, 15) is 5.11 Å². The summed E-state index contributed by atoms with van der Waals surface area (Å²) in [5.41, 5.74) is 8.55. The van der Waals surface area contributed by atoms with Crippen LogP contribution in [0.1, 0.15) is 0 Å². The Hall–Kier alpha value is -1.29. The number of aliphatic hydroxyl groups excluding tert-OH is 2. The van der Waals surface area contributed by atoms with Crippen LogP contribution < -0.4 is 0 Å². The van der Waals surface area contributed by atoms with Gasteiger partial charge >= 0.3 is 0 Å². The highest BCUT2D eigenvalue weighted by Crippen LogP contribution is 2.13. The van der Waals surface area contributed by atoms with Crippen LogP contribution in [0.5, 0.6) is 0 Å². The SMILES string of the molecule is [N-]=[N+]=NCC1=CC=C[C@H](O)[C@@H]1O. The molecule has 0 bridgehead atoms. The first-order valence-electron chi connectivity index (χ1n) is 3.50. The summed E-state index contributed by atoms with van der Waals surface area (Å²) in [5.74, 6) is 0. The van der Waals surface area contributed by atoms with Crippen molar-refractivity contribution in [3.05, 3.63) is 34.2 Å². The molecule has 0 saturated carbocycles.